The first kappa shape index (κ1) is 15.2. The van der Waals surface area contributed by atoms with Crippen molar-refractivity contribution in [2.75, 3.05) is 11.9 Å². The number of carboxylic acid groups (broad SMARTS) is 1. The molecular formula is C13H21N3O3. The fraction of sp³-hybridized carbons (Fsp3) is 0.615. The summed E-state index contributed by atoms with van der Waals surface area (Å²) in [4.78, 5) is 19.5. The fourth-order valence-electron chi connectivity index (χ4n) is 1.83. The molecule has 0 aromatic carbocycles. The van der Waals surface area contributed by atoms with Gasteiger partial charge in [0.15, 0.2) is 0 Å². The molecule has 6 nitrogen and oxygen atoms in total. The quantitative estimate of drug-likeness (QED) is 0.788. The highest BCUT2D eigenvalue weighted by atomic mass is 16.5. The molecule has 1 unspecified atom stereocenters. The first-order chi connectivity index (χ1) is 8.94. The largest absolute Gasteiger partial charge is 0.480 e. The van der Waals surface area contributed by atoms with Crippen molar-refractivity contribution in [3.05, 3.63) is 11.9 Å². The summed E-state index contributed by atoms with van der Waals surface area (Å²) in [5.74, 6) is 0.0753. The second-order valence-electron chi connectivity index (χ2n) is 4.60. The van der Waals surface area contributed by atoms with Crippen molar-refractivity contribution >= 4 is 11.8 Å². The van der Waals surface area contributed by atoms with Crippen LogP contribution in [-0.2, 0) is 4.79 Å². The van der Waals surface area contributed by atoms with Crippen LogP contribution in [-0.4, -0.2) is 33.2 Å². The van der Waals surface area contributed by atoms with Gasteiger partial charge in [-0.3, -0.25) is 0 Å². The number of hydrogen-bond donors (Lipinski definition) is 2. The molecule has 2 N–H and O–H groups in total. The number of aromatic nitrogens is 2. The molecule has 0 fully saturated rings. The minimum absolute atomic E-state index is 0.476. The molecule has 0 aliphatic carbocycles. The van der Waals surface area contributed by atoms with E-state index < -0.39 is 11.5 Å². The van der Waals surface area contributed by atoms with Crippen molar-refractivity contribution in [1.82, 2.24) is 9.97 Å². The molecule has 19 heavy (non-hydrogen) atoms. The molecule has 0 aliphatic heterocycles. The van der Waals surface area contributed by atoms with Gasteiger partial charge in [0, 0.05) is 0 Å². The van der Waals surface area contributed by atoms with Crippen LogP contribution in [0.2, 0.25) is 0 Å². The third-order valence-corrected chi connectivity index (χ3v) is 2.94. The van der Waals surface area contributed by atoms with Crippen molar-refractivity contribution in [2.24, 2.45) is 0 Å². The number of carbonyl (C=O) groups is 1. The van der Waals surface area contributed by atoms with E-state index in [4.69, 9.17) is 4.74 Å². The van der Waals surface area contributed by atoms with E-state index >= 15 is 0 Å². The molecule has 0 saturated heterocycles. The van der Waals surface area contributed by atoms with E-state index in [0.717, 1.165) is 6.42 Å². The Hall–Kier alpha value is -1.85. The van der Waals surface area contributed by atoms with Crippen LogP contribution in [0.15, 0.2) is 6.33 Å². The Bertz CT molecular complexity index is 451. The lowest BCUT2D eigenvalue weighted by Crippen LogP contribution is -2.43. The Kier molecular flexibility index (Phi) is 5.09. The summed E-state index contributed by atoms with van der Waals surface area (Å²) in [6, 6.07) is 0. The van der Waals surface area contributed by atoms with Crippen LogP contribution in [0.5, 0.6) is 5.88 Å². The van der Waals surface area contributed by atoms with E-state index in [1.54, 1.807) is 6.92 Å². The summed E-state index contributed by atoms with van der Waals surface area (Å²) in [7, 11) is 0. The molecule has 1 rings (SSSR count). The number of hydrogen-bond acceptors (Lipinski definition) is 5. The van der Waals surface area contributed by atoms with Gasteiger partial charge in [-0.05, 0) is 27.2 Å². The smallest absolute Gasteiger partial charge is 0.329 e. The summed E-state index contributed by atoms with van der Waals surface area (Å²) >= 11 is 0. The maximum Gasteiger partial charge on any atom is 0.329 e. The van der Waals surface area contributed by atoms with E-state index in [1.165, 1.54) is 6.33 Å². The second-order valence-corrected chi connectivity index (χ2v) is 4.60. The van der Waals surface area contributed by atoms with Gasteiger partial charge in [-0.15, -0.1) is 0 Å². The Morgan fingerprint density at radius 2 is 2.16 bits per heavy atom. The minimum atomic E-state index is -1.04. The average molecular weight is 267 g/mol. The Labute approximate surface area is 113 Å². The van der Waals surface area contributed by atoms with Crippen molar-refractivity contribution < 1.29 is 14.6 Å². The molecule has 1 aromatic heterocycles. The lowest BCUT2D eigenvalue weighted by Gasteiger charge is -2.27. The number of anilines is 1. The number of aliphatic carboxylic acids is 1. The number of nitrogens with zero attached hydrogens (tertiary/aromatic N) is 2. The molecule has 6 heteroatoms. The zero-order chi connectivity index (χ0) is 14.5. The molecule has 0 spiro atoms. The van der Waals surface area contributed by atoms with Gasteiger partial charge >= 0.3 is 5.97 Å². The van der Waals surface area contributed by atoms with E-state index in [9.17, 15) is 9.90 Å². The molecule has 0 saturated carbocycles. The number of ether oxygens (including phenoxy) is 1. The lowest BCUT2D eigenvalue weighted by molar-refractivity contribution is -0.142. The summed E-state index contributed by atoms with van der Waals surface area (Å²) in [6.07, 6.45) is 2.64. The molecule has 0 amide bonds. The van der Waals surface area contributed by atoms with Crippen LogP contribution in [0.25, 0.3) is 0 Å². The average Bonchev–Trinajstić information content (AvgIpc) is 2.34. The maximum absolute atomic E-state index is 11.4. The number of carboxylic acids is 1. The lowest BCUT2D eigenvalue weighted by atomic mass is 9.96. The minimum Gasteiger partial charge on any atom is -0.480 e. The zero-order valence-corrected chi connectivity index (χ0v) is 11.9. The van der Waals surface area contributed by atoms with E-state index in [1.807, 2.05) is 20.8 Å². The Morgan fingerprint density at radius 1 is 1.47 bits per heavy atom. The Morgan fingerprint density at radius 3 is 2.68 bits per heavy atom. The summed E-state index contributed by atoms with van der Waals surface area (Å²) in [5, 5.41) is 12.3. The van der Waals surface area contributed by atoms with Crippen LogP contribution in [0, 0.1) is 6.92 Å². The van der Waals surface area contributed by atoms with Crippen LogP contribution in [0.3, 0.4) is 0 Å². The highest BCUT2D eigenvalue weighted by molar-refractivity contribution is 5.82. The first-order valence-corrected chi connectivity index (χ1v) is 6.40. The SMILES string of the molecule is CCCC(C)(Nc1ncnc(OCC)c1C)C(=O)O. The summed E-state index contributed by atoms with van der Waals surface area (Å²) in [6.45, 7) is 7.78. The van der Waals surface area contributed by atoms with Gasteiger partial charge in [-0.2, -0.15) is 0 Å². The highest BCUT2D eigenvalue weighted by Gasteiger charge is 2.33. The van der Waals surface area contributed by atoms with Crippen molar-refractivity contribution in [3.8, 4) is 5.88 Å². The second kappa shape index (κ2) is 6.36. The van der Waals surface area contributed by atoms with Gasteiger partial charge in [-0.1, -0.05) is 13.3 Å². The van der Waals surface area contributed by atoms with Crippen molar-refractivity contribution in [3.63, 3.8) is 0 Å². The van der Waals surface area contributed by atoms with Crippen molar-refractivity contribution in [2.45, 2.75) is 46.1 Å². The van der Waals surface area contributed by atoms with Gasteiger partial charge < -0.3 is 15.2 Å². The third-order valence-electron chi connectivity index (χ3n) is 2.94. The van der Waals surface area contributed by atoms with Crippen LogP contribution in [0.1, 0.15) is 39.2 Å². The Balaban J connectivity index is 3.03. The van der Waals surface area contributed by atoms with E-state index in [0.29, 0.717) is 30.3 Å². The van der Waals surface area contributed by atoms with E-state index in [2.05, 4.69) is 15.3 Å². The predicted octanol–water partition coefficient (Wildman–Crippen LogP) is 2.24. The highest BCUT2D eigenvalue weighted by Crippen LogP contribution is 2.25. The first-order valence-electron chi connectivity index (χ1n) is 6.40. The molecule has 106 valence electrons. The van der Waals surface area contributed by atoms with E-state index in [-0.39, 0.29) is 0 Å². The predicted molar refractivity (Wildman–Crippen MR) is 72.5 cm³/mol. The van der Waals surface area contributed by atoms with Crippen LogP contribution in [0.4, 0.5) is 5.82 Å². The topological polar surface area (TPSA) is 84.3 Å². The molecule has 0 radical (unpaired) electrons. The standard InChI is InChI=1S/C13H21N3O3/c1-5-7-13(4,12(17)18)16-10-9(3)11(19-6-2)15-8-14-10/h8H,5-7H2,1-4H3,(H,17,18)(H,14,15,16). The third kappa shape index (κ3) is 3.56. The molecule has 1 heterocycles. The van der Waals surface area contributed by atoms with Crippen LogP contribution < -0.4 is 10.1 Å². The maximum atomic E-state index is 11.4. The molecule has 0 aliphatic rings. The number of nitrogens with one attached hydrogen (secondary N) is 1. The van der Waals surface area contributed by atoms with Crippen molar-refractivity contribution in [1.29, 1.82) is 0 Å². The summed E-state index contributed by atoms with van der Waals surface area (Å²) < 4.78 is 5.37. The van der Waals surface area contributed by atoms with Gasteiger partial charge in [0.05, 0.1) is 12.2 Å². The van der Waals surface area contributed by atoms with Gasteiger partial charge in [0.1, 0.15) is 17.7 Å². The fourth-order valence-corrected chi connectivity index (χ4v) is 1.83. The van der Waals surface area contributed by atoms with Gasteiger partial charge in [-0.25, -0.2) is 14.8 Å². The molecule has 1 aromatic rings. The monoisotopic (exact) mass is 267 g/mol. The normalized spacial score (nSPS) is 13.7. The molecule has 0 bridgehead atoms. The molecular weight excluding hydrogens is 246 g/mol. The van der Waals surface area contributed by atoms with Gasteiger partial charge in [0.2, 0.25) is 5.88 Å². The van der Waals surface area contributed by atoms with Gasteiger partial charge in [0.25, 0.3) is 0 Å². The van der Waals surface area contributed by atoms with Crippen LogP contribution >= 0.6 is 0 Å². The number of rotatable bonds is 7. The zero-order valence-electron chi connectivity index (χ0n) is 11.9. The summed E-state index contributed by atoms with van der Waals surface area (Å²) in [5.41, 5.74) is -0.329. The molecule has 1 atom stereocenters.